The van der Waals surface area contributed by atoms with Gasteiger partial charge in [-0.25, -0.2) is 8.42 Å². The van der Waals surface area contributed by atoms with E-state index in [1.54, 1.807) is 19.1 Å². The molecule has 0 saturated heterocycles. The average molecular weight is 453 g/mol. The average Bonchev–Trinajstić information content (AvgIpc) is 2.80. The largest absolute Gasteiger partial charge is 0.495 e. The number of methoxy groups -OCH3 is 1. The van der Waals surface area contributed by atoms with Crippen molar-refractivity contribution in [1.29, 1.82) is 0 Å². The summed E-state index contributed by atoms with van der Waals surface area (Å²) in [7, 11) is -2.58. The first-order chi connectivity index (χ1) is 15.4. The number of sulfonamides is 1. The summed E-state index contributed by atoms with van der Waals surface area (Å²) in [5.74, 6) is -0.147. The second-order valence-electron chi connectivity index (χ2n) is 7.54. The fourth-order valence-electron chi connectivity index (χ4n) is 3.38. The molecule has 0 fully saturated rings. The van der Waals surface area contributed by atoms with E-state index in [0.717, 1.165) is 16.7 Å². The van der Waals surface area contributed by atoms with E-state index in [-0.39, 0.29) is 23.0 Å². The summed E-state index contributed by atoms with van der Waals surface area (Å²) < 4.78 is 34.2. The number of rotatable bonds is 10. The van der Waals surface area contributed by atoms with Crippen molar-refractivity contribution < 1.29 is 17.9 Å². The zero-order valence-electron chi connectivity index (χ0n) is 18.2. The molecule has 0 saturated carbocycles. The Labute approximate surface area is 189 Å². The third-order valence-electron chi connectivity index (χ3n) is 5.06. The Kier molecular flexibility index (Phi) is 8.03. The SMILES string of the molecule is COc1ccc(C)cc1S(=O)(=O)N[C@H](Cc1ccccc1)C(=O)NCCc1ccccc1. The highest BCUT2D eigenvalue weighted by atomic mass is 32.2. The third kappa shape index (κ3) is 6.42. The van der Waals surface area contributed by atoms with Crippen LogP contribution in [0.3, 0.4) is 0 Å². The van der Waals surface area contributed by atoms with Gasteiger partial charge in [-0.15, -0.1) is 0 Å². The van der Waals surface area contributed by atoms with Gasteiger partial charge in [0.05, 0.1) is 7.11 Å². The van der Waals surface area contributed by atoms with Crippen LogP contribution in [-0.4, -0.2) is 34.0 Å². The number of nitrogens with one attached hydrogen (secondary N) is 2. The molecule has 0 heterocycles. The number of carbonyl (C=O) groups is 1. The van der Waals surface area contributed by atoms with E-state index in [1.165, 1.54) is 13.2 Å². The van der Waals surface area contributed by atoms with Crippen LogP contribution in [-0.2, 0) is 27.7 Å². The summed E-state index contributed by atoms with van der Waals surface area (Å²) in [4.78, 5) is 13.0. The maximum atomic E-state index is 13.2. The predicted molar refractivity (Wildman–Crippen MR) is 125 cm³/mol. The van der Waals surface area contributed by atoms with Crippen LogP contribution in [0, 0.1) is 6.92 Å². The molecular formula is C25H28N2O4S. The topological polar surface area (TPSA) is 84.5 Å². The van der Waals surface area contributed by atoms with Crippen molar-refractivity contribution in [3.63, 3.8) is 0 Å². The Morgan fingerprint density at radius 3 is 2.19 bits per heavy atom. The van der Waals surface area contributed by atoms with Gasteiger partial charge in [0, 0.05) is 6.54 Å². The van der Waals surface area contributed by atoms with E-state index in [0.29, 0.717) is 13.0 Å². The van der Waals surface area contributed by atoms with Crippen LogP contribution < -0.4 is 14.8 Å². The van der Waals surface area contributed by atoms with Crippen LogP contribution in [0.15, 0.2) is 83.8 Å². The maximum absolute atomic E-state index is 13.2. The fraction of sp³-hybridized carbons (Fsp3) is 0.240. The molecule has 0 spiro atoms. The lowest BCUT2D eigenvalue weighted by atomic mass is 10.1. The molecule has 7 heteroatoms. The van der Waals surface area contributed by atoms with E-state index >= 15 is 0 Å². The molecule has 1 amide bonds. The Hall–Kier alpha value is -3.16. The summed E-state index contributed by atoms with van der Waals surface area (Å²) in [6, 6.07) is 23.1. The minimum Gasteiger partial charge on any atom is -0.495 e. The number of benzene rings is 3. The van der Waals surface area contributed by atoms with Crippen LogP contribution in [0.25, 0.3) is 0 Å². The Balaban J connectivity index is 1.79. The highest BCUT2D eigenvalue weighted by molar-refractivity contribution is 7.89. The van der Waals surface area contributed by atoms with Crippen molar-refractivity contribution in [2.75, 3.05) is 13.7 Å². The molecule has 3 aromatic rings. The number of aryl methyl sites for hydroxylation is 1. The van der Waals surface area contributed by atoms with Crippen molar-refractivity contribution in [3.8, 4) is 5.75 Å². The number of ether oxygens (including phenoxy) is 1. The van der Waals surface area contributed by atoms with Gasteiger partial charge in [-0.05, 0) is 48.6 Å². The first kappa shape index (κ1) is 23.5. The fourth-order valence-corrected chi connectivity index (χ4v) is 4.83. The molecule has 2 N–H and O–H groups in total. The van der Waals surface area contributed by atoms with E-state index in [4.69, 9.17) is 4.74 Å². The van der Waals surface area contributed by atoms with Gasteiger partial charge in [-0.3, -0.25) is 4.79 Å². The van der Waals surface area contributed by atoms with Gasteiger partial charge < -0.3 is 10.1 Å². The van der Waals surface area contributed by atoms with Gasteiger partial charge in [0.15, 0.2) is 0 Å². The minimum atomic E-state index is -4.00. The predicted octanol–water partition coefficient (Wildman–Crippen LogP) is 3.25. The molecule has 0 radical (unpaired) electrons. The molecule has 0 aliphatic carbocycles. The lowest BCUT2D eigenvalue weighted by molar-refractivity contribution is -0.122. The molecule has 1 atom stereocenters. The molecule has 0 bridgehead atoms. The zero-order chi connectivity index (χ0) is 23.0. The third-order valence-corrected chi connectivity index (χ3v) is 6.55. The van der Waals surface area contributed by atoms with Gasteiger partial charge >= 0.3 is 0 Å². The molecule has 6 nitrogen and oxygen atoms in total. The summed E-state index contributed by atoms with van der Waals surface area (Å²) in [5, 5.41) is 2.87. The first-order valence-corrected chi connectivity index (χ1v) is 11.9. The standard InChI is InChI=1S/C25H28N2O4S/c1-19-13-14-23(31-2)24(17-19)32(29,30)27-22(18-21-11-7-4-8-12-21)25(28)26-16-15-20-9-5-3-6-10-20/h3-14,17,22,27H,15-16,18H2,1-2H3,(H,26,28)/t22-/m1/s1. The lowest BCUT2D eigenvalue weighted by Gasteiger charge is -2.20. The van der Waals surface area contributed by atoms with Crippen molar-refractivity contribution in [2.45, 2.75) is 30.7 Å². The number of hydrogen-bond acceptors (Lipinski definition) is 4. The first-order valence-electron chi connectivity index (χ1n) is 10.4. The molecule has 0 aliphatic heterocycles. The Morgan fingerprint density at radius 1 is 0.938 bits per heavy atom. The zero-order valence-corrected chi connectivity index (χ0v) is 19.1. The molecule has 32 heavy (non-hydrogen) atoms. The highest BCUT2D eigenvalue weighted by Gasteiger charge is 2.28. The van der Waals surface area contributed by atoms with Crippen molar-refractivity contribution in [2.24, 2.45) is 0 Å². The van der Waals surface area contributed by atoms with Crippen LogP contribution in [0.4, 0.5) is 0 Å². The van der Waals surface area contributed by atoms with Crippen LogP contribution in [0.2, 0.25) is 0 Å². The summed E-state index contributed by atoms with van der Waals surface area (Å²) >= 11 is 0. The highest BCUT2D eigenvalue weighted by Crippen LogP contribution is 2.25. The Morgan fingerprint density at radius 2 is 1.56 bits per heavy atom. The second kappa shape index (κ2) is 10.9. The minimum absolute atomic E-state index is 0.00940. The second-order valence-corrected chi connectivity index (χ2v) is 9.23. The smallest absolute Gasteiger partial charge is 0.244 e. The molecule has 0 aromatic heterocycles. The maximum Gasteiger partial charge on any atom is 0.244 e. The summed E-state index contributed by atoms with van der Waals surface area (Å²) in [5.41, 5.74) is 2.73. The van der Waals surface area contributed by atoms with Crippen molar-refractivity contribution in [1.82, 2.24) is 10.0 Å². The normalized spacial score (nSPS) is 12.2. The van der Waals surface area contributed by atoms with Gasteiger partial charge in [0.2, 0.25) is 15.9 Å². The van der Waals surface area contributed by atoms with E-state index in [2.05, 4.69) is 10.0 Å². The quantitative estimate of drug-likeness (QED) is 0.495. The van der Waals surface area contributed by atoms with Crippen molar-refractivity contribution in [3.05, 3.63) is 95.6 Å². The van der Waals surface area contributed by atoms with Gasteiger partial charge in [0.25, 0.3) is 0 Å². The molecule has 168 valence electrons. The van der Waals surface area contributed by atoms with Gasteiger partial charge in [-0.2, -0.15) is 4.72 Å². The molecule has 3 aromatic carbocycles. The summed E-state index contributed by atoms with van der Waals surface area (Å²) in [6.45, 7) is 2.21. The van der Waals surface area contributed by atoms with Gasteiger partial charge in [-0.1, -0.05) is 66.7 Å². The molecule has 0 unspecified atom stereocenters. The monoisotopic (exact) mass is 452 g/mol. The van der Waals surface area contributed by atoms with E-state index in [1.807, 2.05) is 60.7 Å². The number of carbonyl (C=O) groups excluding carboxylic acids is 1. The van der Waals surface area contributed by atoms with E-state index < -0.39 is 16.1 Å². The van der Waals surface area contributed by atoms with Crippen molar-refractivity contribution >= 4 is 15.9 Å². The Bertz CT molecular complexity index is 1130. The summed E-state index contributed by atoms with van der Waals surface area (Å²) in [6.07, 6.45) is 0.883. The molecule has 0 aliphatic rings. The van der Waals surface area contributed by atoms with Crippen LogP contribution in [0.1, 0.15) is 16.7 Å². The van der Waals surface area contributed by atoms with E-state index in [9.17, 15) is 13.2 Å². The van der Waals surface area contributed by atoms with Crippen LogP contribution >= 0.6 is 0 Å². The molecular weight excluding hydrogens is 424 g/mol. The lowest BCUT2D eigenvalue weighted by Crippen LogP contribution is -2.48. The molecule has 3 rings (SSSR count). The number of hydrogen-bond donors (Lipinski definition) is 2. The van der Waals surface area contributed by atoms with Crippen LogP contribution in [0.5, 0.6) is 5.75 Å². The number of amides is 1. The van der Waals surface area contributed by atoms with Gasteiger partial charge in [0.1, 0.15) is 16.7 Å².